The second-order valence-corrected chi connectivity index (χ2v) is 7.51. The molecule has 0 aromatic heterocycles. The largest absolute Gasteiger partial charge is 0.416 e. The first-order valence-electron chi connectivity index (χ1n) is 9.66. The maximum Gasteiger partial charge on any atom is 0.416 e. The number of anilines is 1. The molecule has 0 bridgehead atoms. The molecular formula is C22H19F4N3O2. The topological polar surface area (TPSA) is 43.9 Å². The second-order valence-electron chi connectivity index (χ2n) is 7.51. The van der Waals surface area contributed by atoms with E-state index in [0.29, 0.717) is 31.7 Å². The van der Waals surface area contributed by atoms with E-state index in [1.54, 1.807) is 4.90 Å². The molecule has 9 heteroatoms. The Bertz CT molecular complexity index is 1060. The summed E-state index contributed by atoms with van der Waals surface area (Å²) < 4.78 is 53.0. The van der Waals surface area contributed by atoms with Crippen LogP contribution in [0.15, 0.2) is 54.2 Å². The van der Waals surface area contributed by atoms with Gasteiger partial charge in [0.1, 0.15) is 11.5 Å². The van der Waals surface area contributed by atoms with E-state index in [-0.39, 0.29) is 17.0 Å². The number of nitrogens with zero attached hydrogens (tertiary/aromatic N) is 3. The normalized spacial score (nSPS) is 18.4. The van der Waals surface area contributed by atoms with Crippen molar-refractivity contribution in [3.63, 3.8) is 0 Å². The molecule has 2 aliphatic rings. The lowest BCUT2D eigenvalue weighted by atomic mass is 10.0. The van der Waals surface area contributed by atoms with Crippen molar-refractivity contribution in [3.8, 4) is 0 Å². The number of halogens is 4. The summed E-state index contributed by atoms with van der Waals surface area (Å²) >= 11 is 0. The number of amides is 2. The molecule has 2 aliphatic heterocycles. The van der Waals surface area contributed by atoms with Gasteiger partial charge in [0.05, 0.1) is 16.8 Å². The van der Waals surface area contributed by atoms with E-state index in [1.807, 2.05) is 7.05 Å². The molecule has 0 atom stereocenters. The van der Waals surface area contributed by atoms with Gasteiger partial charge in [-0.05, 0) is 42.9 Å². The van der Waals surface area contributed by atoms with Crippen LogP contribution in [0.25, 0.3) is 5.57 Å². The highest BCUT2D eigenvalue weighted by Gasteiger charge is 2.43. The van der Waals surface area contributed by atoms with E-state index in [2.05, 4.69) is 4.90 Å². The number of alkyl halides is 3. The smallest absolute Gasteiger partial charge is 0.364 e. The van der Waals surface area contributed by atoms with Gasteiger partial charge in [-0.15, -0.1) is 0 Å². The van der Waals surface area contributed by atoms with Gasteiger partial charge in [0, 0.05) is 26.2 Å². The highest BCUT2D eigenvalue weighted by molar-refractivity contribution is 6.45. The van der Waals surface area contributed by atoms with Crippen molar-refractivity contribution < 1.29 is 27.2 Å². The number of hydrogen-bond acceptors (Lipinski definition) is 4. The van der Waals surface area contributed by atoms with Crippen molar-refractivity contribution in [2.45, 2.75) is 6.18 Å². The minimum Gasteiger partial charge on any atom is -0.364 e. The van der Waals surface area contributed by atoms with Crippen molar-refractivity contribution in [3.05, 3.63) is 71.2 Å². The number of carbonyl (C=O) groups excluding carboxylic acids is 2. The van der Waals surface area contributed by atoms with Gasteiger partial charge in [-0.1, -0.05) is 18.2 Å². The average Bonchev–Trinajstić information content (AvgIpc) is 2.99. The minimum absolute atomic E-state index is 0.0620. The van der Waals surface area contributed by atoms with Gasteiger partial charge in [0.15, 0.2) is 0 Å². The Balaban J connectivity index is 1.80. The number of carbonyl (C=O) groups is 2. The first-order valence-corrected chi connectivity index (χ1v) is 9.66. The summed E-state index contributed by atoms with van der Waals surface area (Å²) in [7, 11) is 1.93. The molecular weight excluding hydrogens is 414 g/mol. The molecule has 1 saturated heterocycles. The number of rotatable bonds is 3. The summed E-state index contributed by atoms with van der Waals surface area (Å²) in [5.74, 6) is -1.92. The van der Waals surface area contributed by atoms with Crippen LogP contribution >= 0.6 is 0 Å². The molecule has 2 heterocycles. The van der Waals surface area contributed by atoms with Crippen molar-refractivity contribution in [2.75, 3.05) is 38.1 Å². The lowest BCUT2D eigenvalue weighted by Gasteiger charge is -2.34. The SMILES string of the molecule is CN1CCN(C2=C(c3ccc(F)cc3)C(=O)N(c3cccc(C(F)(F)F)c3)C2=O)CC1. The Labute approximate surface area is 176 Å². The van der Waals surface area contributed by atoms with E-state index < -0.39 is 29.4 Å². The third-order valence-electron chi connectivity index (χ3n) is 5.44. The quantitative estimate of drug-likeness (QED) is 0.550. The van der Waals surface area contributed by atoms with Gasteiger partial charge in [0.25, 0.3) is 11.8 Å². The van der Waals surface area contributed by atoms with E-state index in [1.165, 1.54) is 30.3 Å². The van der Waals surface area contributed by atoms with E-state index >= 15 is 0 Å². The first kappa shape index (κ1) is 21.0. The molecule has 4 rings (SSSR count). The molecule has 162 valence electrons. The maximum absolute atomic E-state index is 13.4. The zero-order chi connectivity index (χ0) is 22.3. The third kappa shape index (κ3) is 3.93. The third-order valence-corrected chi connectivity index (χ3v) is 5.44. The van der Waals surface area contributed by atoms with E-state index in [4.69, 9.17) is 0 Å². The van der Waals surface area contributed by atoms with Crippen LogP contribution in [0.3, 0.4) is 0 Å². The van der Waals surface area contributed by atoms with Crippen LogP contribution in [0.5, 0.6) is 0 Å². The summed E-state index contributed by atoms with van der Waals surface area (Å²) in [6, 6.07) is 9.24. The predicted octanol–water partition coefficient (Wildman–Crippen LogP) is 3.38. The minimum atomic E-state index is -4.62. The first-order chi connectivity index (χ1) is 14.7. The van der Waals surface area contributed by atoms with Crippen LogP contribution in [0, 0.1) is 5.82 Å². The van der Waals surface area contributed by atoms with Gasteiger partial charge >= 0.3 is 6.18 Å². The molecule has 0 radical (unpaired) electrons. The molecule has 2 aromatic rings. The second kappa shape index (κ2) is 7.81. The van der Waals surface area contributed by atoms with Crippen LogP contribution < -0.4 is 4.90 Å². The van der Waals surface area contributed by atoms with Crippen LogP contribution in [0.4, 0.5) is 23.2 Å². The van der Waals surface area contributed by atoms with Crippen LogP contribution in [0.2, 0.25) is 0 Å². The molecule has 0 N–H and O–H groups in total. The number of imide groups is 1. The molecule has 1 fully saturated rings. The van der Waals surface area contributed by atoms with Gasteiger partial charge in [-0.25, -0.2) is 9.29 Å². The van der Waals surface area contributed by atoms with Crippen LogP contribution in [0.1, 0.15) is 11.1 Å². The Hall–Kier alpha value is -3.20. The fraction of sp³-hybridized carbons (Fsp3) is 0.273. The number of likely N-dealkylation sites (N-methyl/N-ethyl adjacent to an activating group) is 1. The summed E-state index contributed by atoms with van der Waals surface area (Å²) in [5, 5.41) is 0. The van der Waals surface area contributed by atoms with Crippen LogP contribution in [-0.4, -0.2) is 54.8 Å². The summed E-state index contributed by atoms with van der Waals surface area (Å²) in [5.41, 5.74) is -0.590. The zero-order valence-electron chi connectivity index (χ0n) is 16.6. The number of hydrogen-bond donors (Lipinski definition) is 0. The van der Waals surface area contributed by atoms with Gasteiger partial charge in [-0.2, -0.15) is 13.2 Å². The highest BCUT2D eigenvalue weighted by Crippen LogP contribution is 2.37. The summed E-state index contributed by atoms with van der Waals surface area (Å²) in [4.78, 5) is 31.3. The number of piperazine rings is 1. The predicted molar refractivity (Wildman–Crippen MR) is 106 cm³/mol. The maximum atomic E-state index is 13.4. The fourth-order valence-electron chi connectivity index (χ4n) is 3.77. The molecule has 0 spiro atoms. The van der Waals surface area contributed by atoms with Crippen molar-refractivity contribution in [1.29, 1.82) is 0 Å². The molecule has 31 heavy (non-hydrogen) atoms. The lowest BCUT2D eigenvalue weighted by Crippen LogP contribution is -2.46. The Morgan fingerprint density at radius 1 is 0.871 bits per heavy atom. The average molecular weight is 433 g/mol. The molecule has 2 aromatic carbocycles. The van der Waals surface area contributed by atoms with Crippen LogP contribution in [-0.2, 0) is 15.8 Å². The van der Waals surface area contributed by atoms with E-state index in [9.17, 15) is 27.2 Å². The molecule has 0 saturated carbocycles. The van der Waals surface area contributed by atoms with Crippen molar-refractivity contribution >= 4 is 23.1 Å². The number of benzene rings is 2. The standard InChI is InChI=1S/C22H19F4N3O2/c1-27-9-11-28(12-10-27)19-18(14-5-7-16(23)8-6-14)20(30)29(21(19)31)17-4-2-3-15(13-17)22(24,25)26/h2-8,13H,9-12H2,1H3. The molecule has 5 nitrogen and oxygen atoms in total. The van der Waals surface area contributed by atoms with Gasteiger partial charge in [-0.3, -0.25) is 9.59 Å². The molecule has 0 unspecified atom stereocenters. The fourth-order valence-corrected chi connectivity index (χ4v) is 3.77. The van der Waals surface area contributed by atoms with E-state index in [0.717, 1.165) is 23.1 Å². The van der Waals surface area contributed by atoms with Gasteiger partial charge < -0.3 is 9.80 Å². The zero-order valence-corrected chi connectivity index (χ0v) is 16.6. The summed E-state index contributed by atoms with van der Waals surface area (Å²) in [6.07, 6.45) is -4.62. The van der Waals surface area contributed by atoms with Crippen molar-refractivity contribution in [2.24, 2.45) is 0 Å². The monoisotopic (exact) mass is 433 g/mol. The Morgan fingerprint density at radius 2 is 1.52 bits per heavy atom. The molecule has 2 amide bonds. The van der Waals surface area contributed by atoms with Gasteiger partial charge in [0.2, 0.25) is 0 Å². The Kier molecular flexibility index (Phi) is 5.30. The molecule has 0 aliphatic carbocycles. The van der Waals surface area contributed by atoms with Crippen molar-refractivity contribution in [1.82, 2.24) is 9.80 Å². The highest BCUT2D eigenvalue weighted by atomic mass is 19.4. The lowest BCUT2D eigenvalue weighted by molar-refractivity contribution is -0.137. The Morgan fingerprint density at radius 3 is 2.13 bits per heavy atom. The summed E-state index contributed by atoms with van der Waals surface area (Å²) in [6.45, 7) is 2.27.